The van der Waals surface area contributed by atoms with E-state index in [1.54, 1.807) is 42.2 Å². The maximum atomic E-state index is 14.3. The van der Waals surface area contributed by atoms with E-state index in [9.17, 15) is 8.42 Å². The van der Waals surface area contributed by atoms with E-state index in [2.05, 4.69) is 75.3 Å². The van der Waals surface area contributed by atoms with Crippen LogP contribution in [0.1, 0.15) is 57.4 Å². The maximum absolute atomic E-state index is 14.3. The second kappa shape index (κ2) is 17.2. The van der Waals surface area contributed by atoms with Crippen LogP contribution in [0, 0.1) is 5.92 Å². The summed E-state index contributed by atoms with van der Waals surface area (Å²) < 4.78 is 34.5. The smallest absolute Gasteiger partial charge is 0.210 e. The Morgan fingerprint density at radius 1 is 0.837 bits per heavy atom. The Balaban J connectivity index is 1.13. The van der Waals surface area contributed by atoms with Crippen LogP contribution in [0.5, 0.6) is 5.75 Å². The van der Waals surface area contributed by atoms with Crippen molar-refractivity contribution in [3.8, 4) is 5.75 Å². The summed E-state index contributed by atoms with van der Waals surface area (Å²) in [5.41, 5.74) is 2.99. The summed E-state index contributed by atoms with van der Waals surface area (Å²) in [5, 5.41) is 0.898. The predicted molar refractivity (Wildman–Crippen MR) is 203 cm³/mol. The molecule has 9 heteroatoms. The van der Waals surface area contributed by atoms with Gasteiger partial charge in [0.2, 0.25) is 9.84 Å². The van der Waals surface area contributed by atoms with E-state index in [-0.39, 0.29) is 9.79 Å². The van der Waals surface area contributed by atoms with Gasteiger partial charge in [0.15, 0.2) is 0 Å². The number of hydrogen-bond donors (Lipinski definition) is 0. The summed E-state index contributed by atoms with van der Waals surface area (Å²) >= 11 is 1.66. The van der Waals surface area contributed by atoms with Crippen molar-refractivity contribution in [1.29, 1.82) is 0 Å². The number of nitrogens with zero attached hydrogens (tertiary/aromatic N) is 4. The first-order valence-corrected chi connectivity index (χ1v) is 20.8. The van der Waals surface area contributed by atoms with E-state index in [0.717, 1.165) is 86.7 Å². The van der Waals surface area contributed by atoms with E-state index >= 15 is 0 Å². The van der Waals surface area contributed by atoms with Crippen LogP contribution in [0.15, 0.2) is 93.7 Å². The zero-order valence-electron chi connectivity index (χ0n) is 29.2. The fraction of sp³-hybridized carbons (Fsp3) is 0.475. The molecule has 2 saturated heterocycles. The Kier molecular flexibility index (Phi) is 12.5. The number of piperidine rings is 1. The Bertz CT molecular complexity index is 1740. The van der Waals surface area contributed by atoms with Gasteiger partial charge >= 0.3 is 0 Å². The Morgan fingerprint density at radius 3 is 2.29 bits per heavy atom. The van der Waals surface area contributed by atoms with Gasteiger partial charge in [0.1, 0.15) is 10.6 Å². The zero-order valence-corrected chi connectivity index (χ0v) is 30.9. The minimum Gasteiger partial charge on any atom is -0.494 e. The molecule has 2 fully saturated rings. The van der Waals surface area contributed by atoms with Gasteiger partial charge in [-0.15, -0.1) is 11.8 Å². The van der Waals surface area contributed by atoms with Gasteiger partial charge in [-0.25, -0.2) is 8.42 Å². The van der Waals surface area contributed by atoms with Crippen LogP contribution >= 0.6 is 11.8 Å². The largest absolute Gasteiger partial charge is 0.494 e. The van der Waals surface area contributed by atoms with Crippen molar-refractivity contribution in [2.75, 3.05) is 63.6 Å². The zero-order chi connectivity index (χ0) is 34.1. The molecular formula is C40H52N4O3S2. The summed E-state index contributed by atoms with van der Waals surface area (Å²) in [5.74, 6) is 1.40. The predicted octanol–water partition coefficient (Wildman–Crippen LogP) is 8.17. The molecule has 49 heavy (non-hydrogen) atoms. The number of thioether (sulfide) groups is 1. The van der Waals surface area contributed by atoms with Crippen molar-refractivity contribution in [3.63, 3.8) is 0 Å². The second-order valence-corrected chi connectivity index (χ2v) is 16.4. The van der Waals surface area contributed by atoms with Gasteiger partial charge in [0.05, 0.1) is 22.7 Å². The van der Waals surface area contributed by atoms with Crippen molar-refractivity contribution in [1.82, 2.24) is 14.8 Å². The normalized spacial score (nSPS) is 16.7. The lowest BCUT2D eigenvalue weighted by Crippen LogP contribution is -2.49. The molecule has 0 N–H and O–H groups in total. The molecule has 6 rings (SSSR count). The number of fused-ring (bicyclic) bond motifs is 1. The summed E-state index contributed by atoms with van der Waals surface area (Å²) in [4.78, 5) is 13.8. The van der Waals surface area contributed by atoms with Gasteiger partial charge in [-0.05, 0) is 92.6 Å². The number of sulfone groups is 1. The first kappa shape index (κ1) is 35.7. The highest BCUT2D eigenvalue weighted by Crippen LogP contribution is 2.38. The molecule has 0 saturated carbocycles. The molecule has 0 aliphatic carbocycles. The number of pyridine rings is 1. The molecular weight excluding hydrogens is 649 g/mol. The van der Waals surface area contributed by atoms with Crippen molar-refractivity contribution in [2.24, 2.45) is 5.92 Å². The average Bonchev–Trinajstić information content (AvgIpc) is 3.14. The molecule has 0 spiro atoms. The summed E-state index contributed by atoms with van der Waals surface area (Å²) in [6, 6.07) is 23.9. The Hall–Kier alpha value is -3.11. The van der Waals surface area contributed by atoms with Crippen LogP contribution in [-0.2, 0) is 16.4 Å². The van der Waals surface area contributed by atoms with Crippen molar-refractivity contribution in [2.45, 2.75) is 73.1 Å². The number of rotatable bonds is 15. The first-order valence-electron chi connectivity index (χ1n) is 18.1. The first-order chi connectivity index (χ1) is 23.9. The third-order valence-corrected chi connectivity index (χ3v) is 12.6. The van der Waals surface area contributed by atoms with Gasteiger partial charge in [0.25, 0.3) is 0 Å². The van der Waals surface area contributed by atoms with E-state index in [4.69, 9.17) is 4.74 Å². The van der Waals surface area contributed by atoms with Crippen molar-refractivity contribution < 1.29 is 13.2 Å². The number of anilines is 1. The van der Waals surface area contributed by atoms with Gasteiger partial charge in [-0.2, -0.15) is 0 Å². The number of benzene rings is 3. The lowest BCUT2D eigenvalue weighted by molar-refractivity contribution is 0.135. The molecule has 262 valence electrons. The lowest BCUT2D eigenvalue weighted by atomic mass is 9.95. The molecule has 0 radical (unpaired) electrons. The highest BCUT2D eigenvalue weighted by atomic mass is 32.2. The summed E-state index contributed by atoms with van der Waals surface area (Å²) in [6.07, 6.45) is 11.9. The van der Waals surface area contributed by atoms with E-state index in [1.165, 1.54) is 37.7 Å². The number of likely N-dealkylation sites (tertiary alicyclic amines) is 1. The van der Waals surface area contributed by atoms with Crippen LogP contribution in [-0.4, -0.2) is 81.9 Å². The van der Waals surface area contributed by atoms with Gasteiger partial charge in [0, 0.05) is 55.7 Å². The highest BCUT2D eigenvalue weighted by Gasteiger charge is 2.30. The molecule has 0 unspecified atom stereocenters. The van der Waals surface area contributed by atoms with Gasteiger partial charge in [-0.3, -0.25) is 14.8 Å². The molecule has 0 bridgehead atoms. The quantitative estimate of drug-likeness (QED) is 0.0910. The van der Waals surface area contributed by atoms with Crippen molar-refractivity contribution in [3.05, 3.63) is 84.6 Å². The SMILES string of the molecule is CCCCCCCOc1ccc(S(=O)(=O)c2cnc3ccc(SC)cc3c2N2CCN(CC3CCN(Cc4ccccc4)CC3)CC2)cc1. The maximum Gasteiger partial charge on any atom is 0.210 e. The van der Waals surface area contributed by atoms with Gasteiger partial charge in [-0.1, -0.05) is 62.9 Å². The Morgan fingerprint density at radius 2 is 1.57 bits per heavy atom. The standard InChI is InChI=1S/C40H52N4O3S2/c1-3-4-5-6-10-27-47-34-13-16-36(17-14-34)49(45,46)39-29-41-38-18-15-35(48-2)28-37(38)40(39)44-25-23-43(24-26-44)31-33-19-21-42(22-20-33)30-32-11-8-7-9-12-32/h7-9,11-18,28-29,33H,3-6,10,19-27,30-31H2,1-2H3. The monoisotopic (exact) mass is 700 g/mol. The van der Waals surface area contributed by atoms with Crippen LogP contribution < -0.4 is 9.64 Å². The van der Waals surface area contributed by atoms with Crippen LogP contribution in [0.25, 0.3) is 10.9 Å². The minimum atomic E-state index is -3.83. The number of ether oxygens (including phenoxy) is 1. The molecule has 2 aliphatic heterocycles. The minimum absolute atomic E-state index is 0.267. The fourth-order valence-corrected chi connectivity index (χ4v) is 9.09. The third-order valence-electron chi connectivity index (χ3n) is 10.1. The van der Waals surface area contributed by atoms with E-state index in [1.807, 2.05) is 6.07 Å². The fourth-order valence-electron chi connectivity index (χ4n) is 7.21. The van der Waals surface area contributed by atoms with Crippen LogP contribution in [0.3, 0.4) is 0 Å². The van der Waals surface area contributed by atoms with Gasteiger partial charge < -0.3 is 9.64 Å². The summed E-state index contributed by atoms with van der Waals surface area (Å²) in [7, 11) is -3.83. The molecule has 1 aromatic heterocycles. The molecule has 0 atom stereocenters. The highest BCUT2D eigenvalue weighted by molar-refractivity contribution is 7.98. The third kappa shape index (κ3) is 9.17. The van der Waals surface area contributed by atoms with E-state index in [0.29, 0.717) is 18.3 Å². The van der Waals surface area contributed by atoms with Crippen molar-refractivity contribution >= 4 is 38.2 Å². The molecule has 0 amide bonds. The topological polar surface area (TPSA) is 66.0 Å². The molecule has 4 aromatic rings. The summed E-state index contributed by atoms with van der Waals surface area (Å²) in [6.45, 7) is 10.7. The number of aromatic nitrogens is 1. The number of hydrogen-bond acceptors (Lipinski definition) is 8. The number of piperazine rings is 1. The average molecular weight is 701 g/mol. The van der Waals surface area contributed by atoms with Crippen LogP contribution in [0.2, 0.25) is 0 Å². The lowest BCUT2D eigenvalue weighted by Gasteiger charge is -2.40. The molecule has 3 heterocycles. The van der Waals surface area contributed by atoms with E-state index < -0.39 is 9.84 Å². The molecule has 2 aliphatic rings. The molecule has 3 aromatic carbocycles. The van der Waals surface area contributed by atoms with Crippen LogP contribution in [0.4, 0.5) is 5.69 Å². The second-order valence-electron chi connectivity index (χ2n) is 13.6. The Labute approximate surface area is 298 Å². The number of unbranched alkanes of at least 4 members (excludes halogenated alkanes) is 4. The molecule has 7 nitrogen and oxygen atoms in total.